The molecule has 360 valence electrons. The van der Waals surface area contributed by atoms with Crippen LogP contribution in [0.2, 0.25) is 0 Å². The number of likely N-dealkylation sites (N-methyl/N-ethyl adjacent to an activating group) is 2. The van der Waals surface area contributed by atoms with E-state index in [9.17, 15) is 9.59 Å². The minimum Gasteiger partial charge on any atom is -0.464 e. The molecule has 2 aliphatic heterocycles. The van der Waals surface area contributed by atoms with Crippen molar-refractivity contribution in [3.8, 4) is 0 Å². The summed E-state index contributed by atoms with van der Waals surface area (Å²) in [6.45, 7) is 17.5. The fourth-order valence-corrected chi connectivity index (χ4v) is 16.2. The normalized spacial score (nSPS) is 33.6. The predicted octanol–water partition coefficient (Wildman–Crippen LogP) is 8.21. The van der Waals surface area contributed by atoms with E-state index in [0.717, 1.165) is 83.5 Å². The van der Waals surface area contributed by atoms with E-state index in [2.05, 4.69) is 89.0 Å². The summed E-state index contributed by atoms with van der Waals surface area (Å²) < 4.78 is 36.6. The molecule has 0 aromatic rings. The molecule has 0 aromatic carbocycles. The number of hydrogen-bond donors (Lipinski definition) is 0. The Balaban J connectivity index is 1.46. The van der Waals surface area contributed by atoms with Crippen LogP contribution < -0.4 is 0 Å². The van der Waals surface area contributed by atoms with Crippen LogP contribution in [-0.4, -0.2) is 159 Å². The van der Waals surface area contributed by atoms with Crippen molar-refractivity contribution in [1.82, 2.24) is 9.80 Å². The van der Waals surface area contributed by atoms with Crippen LogP contribution in [0.1, 0.15) is 131 Å². The van der Waals surface area contributed by atoms with Gasteiger partial charge in [0.25, 0.3) is 6.47 Å². The maximum absolute atomic E-state index is 13.2. The molecule has 5 fully saturated rings. The average molecular weight is 915 g/mol. The van der Waals surface area contributed by atoms with Crippen molar-refractivity contribution in [3.63, 3.8) is 0 Å². The first kappa shape index (κ1) is 52.3. The van der Waals surface area contributed by atoms with Crippen molar-refractivity contribution in [2.24, 2.45) is 23.7 Å². The summed E-state index contributed by atoms with van der Waals surface area (Å²) in [5.41, 5.74) is 0. The second-order valence-electron chi connectivity index (χ2n) is 18.7. The number of ether oxygens (including phenoxy) is 6. The van der Waals surface area contributed by atoms with Crippen LogP contribution in [0.3, 0.4) is 0 Å². The zero-order valence-corrected chi connectivity index (χ0v) is 41.6. The van der Waals surface area contributed by atoms with Gasteiger partial charge in [-0.25, -0.2) is 9.78 Å². The first-order chi connectivity index (χ1) is 30.2. The highest BCUT2D eigenvalue weighted by Gasteiger charge is 2.63. The minimum absolute atomic E-state index is 0.0371. The lowest BCUT2D eigenvalue weighted by atomic mass is 9.74. The molecule has 0 amide bonds. The van der Waals surface area contributed by atoms with E-state index in [1.54, 1.807) is 7.11 Å². The van der Waals surface area contributed by atoms with E-state index in [-0.39, 0.29) is 53.0 Å². The van der Waals surface area contributed by atoms with Gasteiger partial charge < -0.3 is 28.4 Å². The highest BCUT2D eigenvalue weighted by molar-refractivity contribution is 8.01. The van der Waals surface area contributed by atoms with Crippen LogP contribution in [0.25, 0.3) is 0 Å². The third-order valence-electron chi connectivity index (χ3n) is 15.2. The van der Waals surface area contributed by atoms with Crippen molar-refractivity contribution >= 4 is 36.0 Å². The predicted molar refractivity (Wildman–Crippen MR) is 249 cm³/mol. The third kappa shape index (κ3) is 13.1. The number of fused-ring (bicyclic) bond motifs is 4. The van der Waals surface area contributed by atoms with Gasteiger partial charge in [0, 0.05) is 42.7 Å². The number of rotatable bonds is 28. The molecule has 0 spiro atoms. The van der Waals surface area contributed by atoms with Crippen LogP contribution >= 0.6 is 23.5 Å². The van der Waals surface area contributed by atoms with Gasteiger partial charge in [0.2, 0.25) is 0 Å². The summed E-state index contributed by atoms with van der Waals surface area (Å²) in [5, 5.41) is 0.904. The Morgan fingerprint density at radius 2 is 1.23 bits per heavy atom. The first-order valence-electron chi connectivity index (χ1n) is 24.8. The summed E-state index contributed by atoms with van der Waals surface area (Å²) in [6.07, 6.45) is 13.1. The number of thioether (sulfide) groups is 2. The zero-order chi connectivity index (χ0) is 44.6. The van der Waals surface area contributed by atoms with E-state index < -0.39 is 0 Å². The molecule has 3 saturated carbocycles. The molecule has 14 atom stereocenters. The number of carbonyl (C=O) groups excluding carboxylic acids is 2. The standard InChI is InChI=1S/C48H86N2O10S2/c1-10-16-17-40(52)59-44(33(14-5)15-6)35-19-21-36-39(30-35)62-48-41(49(36)7)45(56-27-25-55-24-23-53-9)47-42(46(48)60-58-28-26-54-22-11-2)50(8)37-20-18-34(29-38(37)61-47)43(57-31-51)32(12-3)13-4/h31-39,41-48H,10-30H2,1-9H3. The summed E-state index contributed by atoms with van der Waals surface area (Å²) in [6, 6.07) is 0.840. The lowest BCUT2D eigenvalue weighted by molar-refractivity contribution is -0.345. The monoisotopic (exact) mass is 915 g/mol. The number of nitrogens with zero attached hydrogens (tertiary/aromatic N) is 2. The molecule has 5 aliphatic rings. The van der Waals surface area contributed by atoms with Crippen molar-refractivity contribution in [2.75, 3.05) is 67.5 Å². The van der Waals surface area contributed by atoms with Gasteiger partial charge in [0.15, 0.2) is 0 Å². The Hall–Kier alpha value is -0.680. The number of hydrogen-bond acceptors (Lipinski definition) is 14. The average Bonchev–Trinajstić information content (AvgIpc) is 3.28. The third-order valence-corrected chi connectivity index (χ3v) is 18.7. The van der Waals surface area contributed by atoms with E-state index in [4.69, 9.17) is 38.2 Å². The van der Waals surface area contributed by atoms with Crippen LogP contribution in [0.4, 0.5) is 0 Å². The SMILES string of the molecule is CCCCC(=O)OC(C(CC)CC)C1CCC2C(C1)SC1C(OOCCOCCC)C3C(SC4CC(C(OC=O)C(CC)CC)CCC4N3C)C(OCCOCCOC)C1N2C. The summed E-state index contributed by atoms with van der Waals surface area (Å²) >= 11 is 4.19. The molecule has 0 aromatic heterocycles. The fourth-order valence-electron chi connectivity index (χ4n) is 11.9. The van der Waals surface area contributed by atoms with Gasteiger partial charge in [-0.2, -0.15) is 0 Å². The Morgan fingerprint density at radius 1 is 0.677 bits per heavy atom. The van der Waals surface area contributed by atoms with Crippen molar-refractivity contribution < 1.29 is 47.8 Å². The second kappa shape index (κ2) is 27.2. The summed E-state index contributed by atoms with van der Waals surface area (Å²) in [7, 11) is 6.34. The Kier molecular flexibility index (Phi) is 23.0. The van der Waals surface area contributed by atoms with Gasteiger partial charge in [-0.1, -0.05) is 48.0 Å². The van der Waals surface area contributed by atoms with Gasteiger partial charge >= 0.3 is 5.97 Å². The van der Waals surface area contributed by atoms with Gasteiger partial charge in [-0.3, -0.25) is 19.4 Å². The zero-order valence-electron chi connectivity index (χ0n) is 40.0. The molecule has 12 nitrogen and oxygen atoms in total. The van der Waals surface area contributed by atoms with Crippen LogP contribution in [0.15, 0.2) is 0 Å². The number of carbonyl (C=O) groups is 2. The van der Waals surface area contributed by atoms with Crippen LogP contribution in [0, 0.1) is 23.7 Å². The molecule has 2 heterocycles. The van der Waals surface area contributed by atoms with Gasteiger partial charge in [-0.15, -0.1) is 23.5 Å². The Bertz CT molecular complexity index is 1280. The van der Waals surface area contributed by atoms with Crippen molar-refractivity contribution in [2.45, 2.75) is 201 Å². The summed E-state index contributed by atoms with van der Waals surface area (Å²) in [5.74, 6) is 1.32. The van der Waals surface area contributed by atoms with Gasteiger partial charge in [0.05, 0.1) is 61.7 Å². The highest BCUT2D eigenvalue weighted by Crippen LogP contribution is 2.55. The topological polar surface area (TPSA) is 114 Å². The minimum atomic E-state index is -0.212. The van der Waals surface area contributed by atoms with Crippen molar-refractivity contribution in [3.05, 3.63) is 0 Å². The molecule has 0 N–H and O–H groups in total. The lowest BCUT2D eigenvalue weighted by Crippen LogP contribution is -2.76. The van der Waals surface area contributed by atoms with Crippen LogP contribution in [-0.2, 0) is 47.8 Å². The molecule has 14 heteroatoms. The molecule has 62 heavy (non-hydrogen) atoms. The van der Waals surface area contributed by atoms with Gasteiger partial charge in [0.1, 0.15) is 24.9 Å². The molecule has 3 aliphatic carbocycles. The van der Waals surface area contributed by atoms with E-state index in [0.29, 0.717) is 105 Å². The molecular weight excluding hydrogens is 829 g/mol. The molecule has 0 bridgehead atoms. The van der Waals surface area contributed by atoms with E-state index in [1.807, 2.05) is 0 Å². The molecule has 14 unspecified atom stereocenters. The quantitative estimate of drug-likeness (QED) is 0.0247. The molecule has 0 radical (unpaired) electrons. The van der Waals surface area contributed by atoms with Crippen LogP contribution in [0.5, 0.6) is 0 Å². The number of methoxy groups -OCH3 is 1. The van der Waals surface area contributed by atoms with E-state index >= 15 is 0 Å². The molecular formula is C48H86N2O10S2. The fraction of sp³-hybridized carbons (Fsp3) is 0.958. The second-order valence-corrected chi connectivity index (χ2v) is 21.6. The smallest absolute Gasteiger partial charge is 0.306 e. The Morgan fingerprint density at radius 3 is 1.81 bits per heavy atom. The first-order valence-corrected chi connectivity index (χ1v) is 26.7. The molecule has 5 rings (SSSR count). The largest absolute Gasteiger partial charge is 0.464 e. The maximum atomic E-state index is 13.2. The highest BCUT2D eigenvalue weighted by atomic mass is 32.2. The van der Waals surface area contributed by atoms with Crippen molar-refractivity contribution in [1.29, 1.82) is 0 Å². The number of unbranched alkanes of at least 4 members (excludes halogenated alkanes) is 1. The lowest BCUT2D eigenvalue weighted by Gasteiger charge is -2.63. The maximum Gasteiger partial charge on any atom is 0.306 e. The van der Waals surface area contributed by atoms with Gasteiger partial charge in [-0.05, 0) is 115 Å². The number of esters is 1. The molecule has 2 saturated heterocycles. The summed E-state index contributed by atoms with van der Waals surface area (Å²) in [4.78, 5) is 43.3. The Labute approximate surface area is 384 Å². The van der Waals surface area contributed by atoms with E-state index in [1.165, 1.54) is 0 Å².